The predicted molar refractivity (Wildman–Crippen MR) is 79.6 cm³/mol. The molecule has 0 aromatic heterocycles. The molecule has 3 rings (SSSR count). The van der Waals surface area contributed by atoms with Crippen LogP contribution in [0.2, 0.25) is 5.02 Å². The first-order valence-corrected chi connectivity index (χ1v) is 7.37. The van der Waals surface area contributed by atoms with Crippen LogP contribution in [-0.2, 0) is 9.59 Å². The standard InChI is InChI=1S/C15H17ClN2O3/c1-8-14(19)17-13(9-3-4-9)15(20)18(8)11-7-10(16)5-6-12(11)21-2/h5-9,13H,3-4H2,1-2H3,(H,17,19). The van der Waals surface area contributed by atoms with E-state index in [-0.39, 0.29) is 17.7 Å². The summed E-state index contributed by atoms with van der Waals surface area (Å²) in [6.07, 6.45) is 1.96. The van der Waals surface area contributed by atoms with Crippen molar-refractivity contribution < 1.29 is 14.3 Å². The number of benzene rings is 1. The number of halogens is 1. The Morgan fingerprint density at radius 3 is 2.67 bits per heavy atom. The van der Waals surface area contributed by atoms with Gasteiger partial charge in [-0.3, -0.25) is 14.5 Å². The summed E-state index contributed by atoms with van der Waals surface area (Å²) in [5, 5.41) is 3.33. The van der Waals surface area contributed by atoms with Gasteiger partial charge in [0, 0.05) is 5.02 Å². The lowest BCUT2D eigenvalue weighted by Crippen LogP contribution is -2.63. The van der Waals surface area contributed by atoms with Crippen LogP contribution in [0.25, 0.3) is 0 Å². The third-order valence-electron chi connectivity index (χ3n) is 4.06. The lowest BCUT2D eigenvalue weighted by molar-refractivity contribution is -0.134. The average Bonchev–Trinajstić information content (AvgIpc) is 3.28. The Morgan fingerprint density at radius 1 is 1.33 bits per heavy atom. The van der Waals surface area contributed by atoms with Crippen LogP contribution >= 0.6 is 11.6 Å². The first-order valence-electron chi connectivity index (χ1n) is 7.00. The molecule has 1 heterocycles. The summed E-state index contributed by atoms with van der Waals surface area (Å²) in [6.45, 7) is 1.71. The van der Waals surface area contributed by atoms with E-state index in [9.17, 15) is 9.59 Å². The van der Waals surface area contributed by atoms with Crippen molar-refractivity contribution in [2.45, 2.75) is 31.8 Å². The summed E-state index contributed by atoms with van der Waals surface area (Å²) >= 11 is 6.04. The molecule has 2 atom stereocenters. The Bertz CT molecular complexity index is 601. The summed E-state index contributed by atoms with van der Waals surface area (Å²) in [5.41, 5.74) is 0.544. The van der Waals surface area contributed by atoms with Crippen LogP contribution in [0.15, 0.2) is 18.2 Å². The third-order valence-corrected chi connectivity index (χ3v) is 4.30. The minimum atomic E-state index is -0.583. The highest BCUT2D eigenvalue weighted by atomic mass is 35.5. The normalized spacial score (nSPS) is 25.8. The van der Waals surface area contributed by atoms with Crippen molar-refractivity contribution in [1.29, 1.82) is 0 Å². The van der Waals surface area contributed by atoms with Gasteiger partial charge in [0.1, 0.15) is 17.8 Å². The number of piperazine rings is 1. The van der Waals surface area contributed by atoms with E-state index < -0.39 is 12.1 Å². The fourth-order valence-electron chi connectivity index (χ4n) is 2.72. The fraction of sp³-hybridized carbons (Fsp3) is 0.467. The zero-order valence-corrected chi connectivity index (χ0v) is 12.7. The van der Waals surface area contributed by atoms with Crippen LogP contribution in [0.3, 0.4) is 0 Å². The molecule has 21 heavy (non-hydrogen) atoms. The maximum atomic E-state index is 12.8. The number of hydrogen-bond donors (Lipinski definition) is 1. The summed E-state index contributed by atoms with van der Waals surface area (Å²) in [4.78, 5) is 26.4. The molecule has 2 aliphatic rings. The van der Waals surface area contributed by atoms with E-state index in [1.807, 2.05) is 0 Å². The highest BCUT2D eigenvalue weighted by Gasteiger charge is 2.46. The molecular formula is C15H17ClN2O3. The maximum Gasteiger partial charge on any atom is 0.250 e. The van der Waals surface area contributed by atoms with Gasteiger partial charge < -0.3 is 10.1 Å². The van der Waals surface area contributed by atoms with Gasteiger partial charge in [-0.25, -0.2) is 0 Å². The second-order valence-corrected chi connectivity index (χ2v) is 5.96. The van der Waals surface area contributed by atoms with Crippen molar-refractivity contribution in [2.24, 2.45) is 5.92 Å². The van der Waals surface area contributed by atoms with E-state index in [2.05, 4.69) is 5.32 Å². The maximum absolute atomic E-state index is 12.8. The zero-order chi connectivity index (χ0) is 15.1. The van der Waals surface area contributed by atoms with Crippen molar-refractivity contribution >= 4 is 29.1 Å². The smallest absolute Gasteiger partial charge is 0.250 e. The van der Waals surface area contributed by atoms with E-state index >= 15 is 0 Å². The summed E-state index contributed by atoms with van der Waals surface area (Å²) in [5.74, 6) is 0.546. The fourth-order valence-corrected chi connectivity index (χ4v) is 2.89. The number of methoxy groups -OCH3 is 1. The van der Waals surface area contributed by atoms with Crippen molar-refractivity contribution in [3.63, 3.8) is 0 Å². The van der Waals surface area contributed by atoms with E-state index in [4.69, 9.17) is 16.3 Å². The molecule has 2 fully saturated rings. The second-order valence-electron chi connectivity index (χ2n) is 5.52. The highest BCUT2D eigenvalue weighted by Crippen LogP contribution is 2.39. The van der Waals surface area contributed by atoms with Crippen molar-refractivity contribution in [1.82, 2.24) is 5.32 Å². The molecule has 0 radical (unpaired) electrons. The number of carbonyl (C=O) groups is 2. The minimum Gasteiger partial charge on any atom is -0.495 e. The number of amides is 2. The Labute approximate surface area is 128 Å². The van der Waals surface area contributed by atoms with Gasteiger partial charge in [0.15, 0.2) is 0 Å². The number of anilines is 1. The average molecular weight is 309 g/mol. The first-order chi connectivity index (χ1) is 10.0. The molecule has 6 heteroatoms. The SMILES string of the molecule is COc1ccc(Cl)cc1N1C(=O)C(C2CC2)NC(=O)C1C. The van der Waals surface area contributed by atoms with Crippen LogP contribution in [-0.4, -0.2) is 31.0 Å². The Morgan fingerprint density at radius 2 is 2.05 bits per heavy atom. The largest absolute Gasteiger partial charge is 0.495 e. The molecule has 1 aromatic rings. The van der Waals surface area contributed by atoms with E-state index in [0.717, 1.165) is 12.8 Å². The third kappa shape index (κ3) is 2.46. The van der Waals surface area contributed by atoms with Crippen molar-refractivity contribution in [2.75, 3.05) is 12.0 Å². The molecule has 112 valence electrons. The monoisotopic (exact) mass is 308 g/mol. The minimum absolute atomic E-state index is 0.0924. The van der Waals surface area contributed by atoms with Crippen LogP contribution in [0.1, 0.15) is 19.8 Å². The van der Waals surface area contributed by atoms with Gasteiger partial charge in [0.25, 0.3) is 5.91 Å². The van der Waals surface area contributed by atoms with E-state index in [1.54, 1.807) is 25.1 Å². The second kappa shape index (κ2) is 5.22. The molecule has 1 saturated carbocycles. The molecule has 1 aromatic carbocycles. The number of ether oxygens (including phenoxy) is 1. The Hall–Kier alpha value is -1.75. The molecule has 2 amide bonds. The van der Waals surface area contributed by atoms with Gasteiger partial charge in [-0.2, -0.15) is 0 Å². The van der Waals surface area contributed by atoms with E-state index in [0.29, 0.717) is 16.5 Å². The summed E-state index contributed by atoms with van der Waals surface area (Å²) in [6, 6.07) is 4.05. The molecular weight excluding hydrogens is 292 g/mol. The number of hydrogen-bond acceptors (Lipinski definition) is 3. The Balaban J connectivity index is 2.03. The van der Waals surface area contributed by atoms with Crippen molar-refractivity contribution in [3.8, 4) is 5.75 Å². The number of nitrogens with zero attached hydrogens (tertiary/aromatic N) is 1. The molecule has 1 aliphatic carbocycles. The topological polar surface area (TPSA) is 58.6 Å². The Kier molecular flexibility index (Phi) is 3.53. The van der Waals surface area contributed by atoms with Crippen molar-refractivity contribution in [3.05, 3.63) is 23.2 Å². The van der Waals surface area contributed by atoms with Gasteiger partial charge in [-0.1, -0.05) is 11.6 Å². The quantitative estimate of drug-likeness (QED) is 0.929. The molecule has 1 N–H and O–H groups in total. The van der Waals surface area contributed by atoms with Gasteiger partial charge in [0.05, 0.1) is 12.8 Å². The van der Waals surface area contributed by atoms with E-state index in [1.165, 1.54) is 12.0 Å². The van der Waals surface area contributed by atoms with Gasteiger partial charge in [0.2, 0.25) is 5.91 Å². The number of nitrogens with one attached hydrogen (secondary N) is 1. The van der Waals surface area contributed by atoms with Crippen LogP contribution < -0.4 is 15.0 Å². The number of carbonyl (C=O) groups excluding carboxylic acids is 2. The van der Waals surface area contributed by atoms with Gasteiger partial charge in [-0.05, 0) is 43.9 Å². The summed E-state index contributed by atoms with van der Waals surface area (Å²) < 4.78 is 5.31. The summed E-state index contributed by atoms with van der Waals surface area (Å²) in [7, 11) is 1.53. The zero-order valence-electron chi connectivity index (χ0n) is 11.9. The molecule has 1 aliphatic heterocycles. The molecule has 2 unspecified atom stereocenters. The molecule has 0 bridgehead atoms. The van der Waals surface area contributed by atoms with Gasteiger partial charge in [-0.15, -0.1) is 0 Å². The molecule has 5 nitrogen and oxygen atoms in total. The van der Waals surface area contributed by atoms with Crippen LogP contribution in [0.4, 0.5) is 5.69 Å². The predicted octanol–water partition coefficient (Wildman–Crippen LogP) is 1.98. The molecule has 1 saturated heterocycles. The lowest BCUT2D eigenvalue weighted by atomic mass is 10.0. The van der Waals surface area contributed by atoms with Gasteiger partial charge >= 0.3 is 0 Å². The first kappa shape index (κ1) is 14.2. The van der Waals surface area contributed by atoms with Crippen LogP contribution in [0.5, 0.6) is 5.75 Å². The van der Waals surface area contributed by atoms with Crippen LogP contribution in [0, 0.1) is 5.92 Å². The lowest BCUT2D eigenvalue weighted by Gasteiger charge is -2.38. The highest BCUT2D eigenvalue weighted by molar-refractivity contribution is 6.31. The molecule has 0 spiro atoms. The number of rotatable bonds is 3.